The number of hydrogen-bond acceptors (Lipinski definition) is 3. The van der Waals surface area contributed by atoms with Gasteiger partial charge in [-0.05, 0) is 26.2 Å². The molecule has 0 aromatic carbocycles. The van der Waals surface area contributed by atoms with Gasteiger partial charge in [-0.1, -0.05) is 20.8 Å². The van der Waals surface area contributed by atoms with Crippen LogP contribution in [-0.4, -0.2) is 35.1 Å². The fourth-order valence-electron chi connectivity index (χ4n) is 1.48. The maximum Gasteiger partial charge on any atom is 0.322 e. The predicted octanol–water partition coefficient (Wildman–Crippen LogP) is 1.38. The van der Waals surface area contributed by atoms with Crippen molar-refractivity contribution in [1.29, 1.82) is 0 Å². The topological polar surface area (TPSA) is 78.4 Å². The molecule has 1 atom stereocenters. The highest BCUT2D eigenvalue weighted by molar-refractivity contribution is 5.79. The molecule has 0 aliphatic rings. The summed E-state index contributed by atoms with van der Waals surface area (Å²) in [7, 11) is 0. The smallest absolute Gasteiger partial charge is 0.322 e. The fraction of sp³-hybridized carbons (Fsp3) is 0.846. The number of hydrogen-bond donors (Lipinski definition) is 3. The molecular weight excluding hydrogens is 232 g/mol. The van der Waals surface area contributed by atoms with Crippen molar-refractivity contribution in [3.05, 3.63) is 0 Å². The van der Waals surface area contributed by atoms with E-state index >= 15 is 0 Å². The van der Waals surface area contributed by atoms with Gasteiger partial charge in [-0.15, -0.1) is 0 Å². The Bertz CT molecular complexity index is 300. The molecule has 0 fully saturated rings. The van der Waals surface area contributed by atoms with E-state index in [0.29, 0.717) is 6.42 Å². The first-order valence-electron chi connectivity index (χ1n) is 6.18. The molecule has 1 amide bonds. The number of aliphatic carboxylic acids is 1. The summed E-state index contributed by atoms with van der Waals surface area (Å²) in [6, 6.07) is -0.770. The molecule has 106 valence electrons. The van der Waals surface area contributed by atoms with Crippen LogP contribution in [0.3, 0.4) is 0 Å². The molecule has 0 heterocycles. The normalized spacial score (nSPS) is 14.1. The number of rotatable bonds is 5. The summed E-state index contributed by atoms with van der Waals surface area (Å²) < 4.78 is 0. The third kappa shape index (κ3) is 8.98. The van der Waals surface area contributed by atoms with Crippen LogP contribution in [-0.2, 0) is 9.59 Å². The highest BCUT2D eigenvalue weighted by atomic mass is 16.4. The van der Waals surface area contributed by atoms with E-state index < -0.39 is 12.0 Å². The van der Waals surface area contributed by atoms with Crippen LogP contribution in [0.2, 0.25) is 0 Å². The van der Waals surface area contributed by atoms with Gasteiger partial charge in [0.05, 0.1) is 0 Å². The van der Waals surface area contributed by atoms with Crippen molar-refractivity contribution >= 4 is 11.9 Å². The Balaban J connectivity index is 4.29. The van der Waals surface area contributed by atoms with Crippen LogP contribution in [0, 0.1) is 5.41 Å². The Morgan fingerprint density at radius 3 is 1.94 bits per heavy atom. The molecule has 0 saturated heterocycles. The molecule has 0 spiro atoms. The Hall–Kier alpha value is -1.10. The van der Waals surface area contributed by atoms with Gasteiger partial charge < -0.3 is 10.4 Å². The Kier molecular flexibility index (Phi) is 5.80. The van der Waals surface area contributed by atoms with Crippen LogP contribution in [0.1, 0.15) is 48.0 Å². The van der Waals surface area contributed by atoms with Gasteiger partial charge in [0.25, 0.3) is 0 Å². The van der Waals surface area contributed by atoms with Gasteiger partial charge in [-0.2, -0.15) is 0 Å². The molecule has 18 heavy (non-hydrogen) atoms. The highest BCUT2D eigenvalue weighted by Crippen LogP contribution is 2.17. The van der Waals surface area contributed by atoms with Crippen molar-refractivity contribution in [3.8, 4) is 0 Å². The monoisotopic (exact) mass is 258 g/mol. The van der Waals surface area contributed by atoms with Crippen molar-refractivity contribution in [3.63, 3.8) is 0 Å². The van der Waals surface area contributed by atoms with Gasteiger partial charge in [0.2, 0.25) is 5.91 Å². The average Bonchev–Trinajstić information content (AvgIpc) is 2.06. The largest absolute Gasteiger partial charge is 0.480 e. The molecule has 5 heteroatoms. The Morgan fingerprint density at radius 1 is 1.11 bits per heavy atom. The zero-order valence-electron chi connectivity index (χ0n) is 12.3. The van der Waals surface area contributed by atoms with Crippen LogP contribution in [0.25, 0.3) is 0 Å². The molecule has 0 rings (SSSR count). The summed E-state index contributed by atoms with van der Waals surface area (Å²) in [6.07, 6.45) is 0.384. The molecule has 0 unspecified atom stereocenters. The summed E-state index contributed by atoms with van der Waals surface area (Å²) in [5.74, 6) is -1.08. The lowest BCUT2D eigenvalue weighted by Crippen LogP contribution is -2.53. The number of carbonyl (C=O) groups excluding carboxylic acids is 1. The van der Waals surface area contributed by atoms with E-state index in [4.69, 9.17) is 5.11 Å². The third-order valence-electron chi connectivity index (χ3n) is 2.10. The van der Waals surface area contributed by atoms with E-state index in [1.54, 1.807) is 0 Å². The second-order valence-electron chi connectivity index (χ2n) is 6.83. The number of amides is 1. The first kappa shape index (κ1) is 16.9. The van der Waals surface area contributed by atoms with Crippen LogP contribution in [0.4, 0.5) is 0 Å². The van der Waals surface area contributed by atoms with Gasteiger partial charge in [0, 0.05) is 18.5 Å². The minimum atomic E-state index is -0.957. The van der Waals surface area contributed by atoms with E-state index in [9.17, 15) is 9.59 Å². The molecule has 0 aromatic heterocycles. The molecule has 0 aliphatic heterocycles. The highest BCUT2D eigenvalue weighted by Gasteiger charge is 2.24. The maximum absolute atomic E-state index is 11.6. The van der Waals surface area contributed by atoms with E-state index in [0.717, 1.165) is 0 Å². The number of carboxylic acids is 1. The SMILES string of the molecule is CC(C)(C)CC(=O)NC[C@@H](NC(C)(C)C)C(=O)O. The second-order valence-corrected chi connectivity index (χ2v) is 6.83. The third-order valence-corrected chi connectivity index (χ3v) is 2.10. The van der Waals surface area contributed by atoms with Crippen LogP contribution >= 0.6 is 0 Å². The van der Waals surface area contributed by atoms with E-state index in [-0.39, 0.29) is 23.4 Å². The van der Waals surface area contributed by atoms with Crippen molar-refractivity contribution in [2.24, 2.45) is 5.41 Å². The first-order chi connectivity index (χ1) is 7.91. The van der Waals surface area contributed by atoms with E-state index in [1.807, 2.05) is 41.5 Å². The predicted molar refractivity (Wildman–Crippen MR) is 71.4 cm³/mol. The summed E-state index contributed by atoms with van der Waals surface area (Å²) in [5, 5.41) is 14.7. The van der Waals surface area contributed by atoms with E-state index in [2.05, 4.69) is 10.6 Å². The van der Waals surface area contributed by atoms with Crippen molar-refractivity contribution in [1.82, 2.24) is 10.6 Å². The minimum Gasteiger partial charge on any atom is -0.480 e. The molecule has 3 N–H and O–H groups in total. The summed E-state index contributed by atoms with van der Waals surface area (Å²) in [5.41, 5.74) is -0.405. The van der Waals surface area contributed by atoms with Gasteiger partial charge in [0.1, 0.15) is 6.04 Å². The quantitative estimate of drug-likeness (QED) is 0.696. The molecule has 0 aliphatic carbocycles. The first-order valence-corrected chi connectivity index (χ1v) is 6.18. The number of nitrogens with one attached hydrogen (secondary N) is 2. The Labute approximate surface area is 109 Å². The van der Waals surface area contributed by atoms with Gasteiger partial charge in [-0.3, -0.25) is 14.9 Å². The standard InChI is InChI=1S/C13H26N2O3/c1-12(2,3)7-10(16)14-8-9(11(17)18)15-13(4,5)6/h9,15H,7-8H2,1-6H3,(H,14,16)(H,17,18)/t9-/m1/s1. The lowest BCUT2D eigenvalue weighted by molar-refractivity contribution is -0.140. The minimum absolute atomic E-state index is 0.0970. The van der Waals surface area contributed by atoms with Gasteiger partial charge in [-0.25, -0.2) is 0 Å². The molecule has 0 radical (unpaired) electrons. The average molecular weight is 258 g/mol. The fourth-order valence-corrected chi connectivity index (χ4v) is 1.48. The lowest BCUT2D eigenvalue weighted by Gasteiger charge is -2.26. The molecule has 0 saturated carbocycles. The van der Waals surface area contributed by atoms with Gasteiger partial charge >= 0.3 is 5.97 Å². The number of carboxylic acid groups (broad SMARTS) is 1. The van der Waals surface area contributed by atoms with Crippen molar-refractivity contribution in [2.45, 2.75) is 59.5 Å². The van der Waals surface area contributed by atoms with Gasteiger partial charge in [0.15, 0.2) is 0 Å². The van der Waals surface area contributed by atoms with Crippen LogP contribution < -0.4 is 10.6 Å². The second kappa shape index (κ2) is 6.18. The summed E-state index contributed by atoms with van der Waals surface area (Å²) >= 11 is 0. The summed E-state index contributed by atoms with van der Waals surface area (Å²) in [4.78, 5) is 22.7. The van der Waals surface area contributed by atoms with Crippen LogP contribution in [0.15, 0.2) is 0 Å². The zero-order chi connectivity index (χ0) is 14.6. The lowest BCUT2D eigenvalue weighted by atomic mass is 9.92. The zero-order valence-corrected chi connectivity index (χ0v) is 12.3. The Morgan fingerprint density at radius 2 is 1.61 bits per heavy atom. The molecule has 0 aromatic rings. The molecule has 5 nitrogen and oxygen atoms in total. The summed E-state index contributed by atoms with van der Waals surface area (Å²) in [6.45, 7) is 11.7. The maximum atomic E-state index is 11.6. The van der Waals surface area contributed by atoms with Crippen LogP contribution in [0.5, 0.6) is 0 Å². The van der Waals surface area contributed by atoms with Crippen molar-refractivity contribution < 1.29 is 14.7 Å². The number of carbonyl (C=O) groups is 2. The molecule has 0 bridgehead atoms. The van der Waals surface area contributed by atoms with E-state index in [1.165, 1.54) is 0 Å². The van der Waals surface area contributed by atoms with Crippen molar-refractivity contribution in [2.75, 3.05) is 6.54 Å². The molecular formula is C13H26N2O3.